The van der Waals surface area contributed by atoms with E-state index in [0.717, 1.165) is 35.8 Å². The number of rotatable bonds is 14. The number of carboxylic acids is 1. The summed E-state index contributed by atoms with van der Waals surface area (Å²) in [6.45, 7) is 8.27. The van der Waals surface area contributed by atoms with Crippen molar-refractivity contribution in [3.8, 4) is 28.7 Å². The molecule has 0 radical (unpaired) electrons. The first-order chi connectivity index (χ1) is 16.8. The van der Waals surface area contributed by atoms with Crippen LogP contribution >= 0.6 is 0 Å². The number of benzene rings is 2. The number of aromatic nitrogens is 1. The topological polar surface area (TPSA) is 91.0 Å². The molecule has 7 heteroatoms. The minimum Gasteiger partial charge on any atom is -0.494 e. The van der Waals surface area contributed by atoms with Crippen LogP contribution in [0, 0.1) is 6.92 Å². The van der Waals surface area contributed by atoms with E-state index in [1.807, 2.05) is 31.2 Å². The van der Waals surface area contributed by atoms with Gasteiger partial charge in [0.15, 0.2) is 5.60 Å². The molecule has 1 aromatic heterocycles. The second-order valence-electron chi connectivity index (χ2n) is 8.94. The van der Waals surface area contributed by atoms with Gasteiger partial charge in [0.25, 0.3) is 0 Å². The molecule has 0 atom stereocenters. The molecule has 0 saturated carbocycles. The van der Waals surface area contributed by atoms with Gasteiger partial charge in [-0.05, 0) is 75.7 Å². The van der Waals surface area contributed by atoms with Gasteiger partial charge >= 0.3 is 5.97 Å². The van der Waals surface area contributed by atoms with E-state index in [4.69, 9.17) is 18.6 Å². The van der Waals surface area contributed by atoms with Gasteiger partial charge in [-0.3, -0.25) is 0 Å². The fraction of sp³-hybridized carbons (Fsp3) is 0.429. The van der Waals surface area contributed by atoms with Gasteiger partial charge in [-0.2, -0.15) is 0 Å². The third-order valence-corrected chi connectivity index (χ3v) is 5.58. The first kappa shape index (κ1) is 26.1. The minimum absolute atomic E-state index is 0.429. The van der Waals surface area contributed by atoms with Crippen molar-refractivity contribution in [2.75, 3.05) is 13.2 Å². The maximum atomic E-state index is 11.2. The summed E-state index contributed by atoms with van der Waals surface area (Å²) in [7, 11) is 0. The zero-order valence-electron chi connectivity index (χ0n) is 21.0. The lowest BCUT2D eigenvalue weighted by Gasteiger charge is -2.21. The SMILES string of the molecule is CCCCCCOc1ccc(-c2nc(CCOc3ccc(OC(C)(C)C(=O)O)cc3)c(C)o2)cc1. The molecule has 0 amide bonds. The number of aliphatic carboxylic acids is 1. The maximum absolute atomic E-state index is 11.2. The van der Waals surface area contributed by atoms with Gasteiger partial charge in [0.05, 0.1) is 18.9 Å². The fourth-order valence-electron chi connectivity index (χ4n) is 3.40. The van der Waals surface area contributed by atoms with Gasteiger partial charge in [0.2, 0.25) is 5.89 Å². The summed E-state index contributed by atoms with van der Waals surface area (Å²) in [5, 5.41) is 9.18. The molecule has 0 aliphatic heterocycles. The molecule has 0 unspecified atom stereocenters. The second-order valence-corrected chi connectivity index (χ2v) is 8.94. The third-order valence-electron chi connectivity index (χ3n) is 5.58. The van der Waals surface area contributed by atoms with Crippen molar-refractivity contribution in [1.82, 2.24) is 4.98 Å². The number of nitrogens with zero attached hydrogens (tertiary/aromatic N) is 1. The van der Waals surface area contributed by atoms with Crippen LogP contribution in [0.5, 0.6) is 17.2 Å². The summed E-state index contributed by atoms with van der Waals surface area (Å²) in [6, 6.07) is 14.7. The second kappa shape index (κ2) is 12.3. The lowest BCUT2D eigenvalue weighted by Crippen LogP contribution is -2.37. The van der Waals surface area contributed by atoms with E-state index in [-0.39, 0.29) is 0 Å². The molecule has 3 aromatic rings. The summed E-state index contributed by atoms with van der Waals surface area (Å²) >= 11 is 0. The normalized spacial score (nSPS) is 11.3. The molecule has 7 nitrogen and oxygen atoms in total. The first-order valence-electron chi connectivity index (χ1n) is 12.1. The quantitative estimate of drug-likeness (QED) is 0.264. The van der Waals surface area contributed by atoms with Crippen molar-refractivity contribution in [1.29, 1.82) is 0 Å². The van der Waals surface area contributed by atoms with E-state index >= 15 is 0 Å². The molecule has 0 saturated heterocycles. The third kappa shape index (κ3) is 7.77. The molecule has 188 valence electrons. The summed E-state index contributed by atoms with van der Waals surface area (Å²) in [4.78, 5) is 15.8. The Balaban J connectivity index is 1.49. The molecule has 1 heterocycles. The zero-order chi connectivity index (χ0) is 25.3. The van der Waals surface area contributed by atoms with Gasteiger partial charge in [-0.25, -0.2) is 9.78 Å². The van der Waals surface area contributed by atoms with Crippen molar-refractivity contribution in [3.63, 3.8) is 0 Å². The van der Waals surface area contributed by atoms with Crippen LogP contribution in [0.15, 0.2) is 52.9 Å². The lowest BCUT2D eigenvalue weighted by atomic mass is 10.1. The largest absolute Gasteiger partial charge is 0.494 e. The van der Waals surface area contributed by atoms with E-state index in [9.17, 15) is 9.90 Å². The van der Waals surface area contributed by atoms with E-state index in [2.05, 4.69) is 11.9 Å². The van der Waals surface area contributed by atoms with Crippen molar-refractivity contribution in [3.05, 3.63) is 60.0 Å². The Kier molecular flexibility index (Phi) is 9.18. The Hall–Kier alpha value is -3.48. The predicted molar refractivity (Wildman–Crippen MR) is 134 cm³/mol. The van der Waals surface area contributed by atoms with Gasteiger partial charge in [0, 0.05) is 12.0 Å². The average molecular weight is 482 g/mol. The van der Waals surface area contributed by atoms with Crippen molar-refractivity contribution < 1.29 is 28.5 Å². The van der Waals surface area contributed by atoms with E-state index < -0.39 is 11.6 Å². The monoisotopic (exact) mass is 481 g/mol. The van der Waals surface area contributed by atoms with Crippen LogP contribution in [0.4, 0.5) is 0 Å². The number of carboxylic acid groups (broad SMARTS) is 1. The first-order valence-corrected chi connectivity index (χ1v) is 12.1. The number of hydrogen-bond acceptors (Lipinski definition) is 6. The molecule has 2 aromatic carbocycles. The van der Waals surface area contributed by atoms with Crippen LogP contribution < -0.4 is 14.2 Å². The molecule has 0 spiro atoms. The van der Waals surface area contributed by atoms with Gasteiger partial charge in [0.1, 0.15) is 23.0 Å². The Morgan fingerprint density at radius 3 is 2.14 bits per heavy atom. The van der Waals surface area contributed by atoms with Crippen molar-refractivity contribution >= 4 is 5.97 Å². The van der Waals surface area contributed by atoms with Gasteiger partial charge in [-0.15, -0.1) is 0 Å². The summed E-state index contributed by atoms with van der Waals surface area (Å²) < 4.78 is 23.0. The van der Waals surface area contributed by atoms with Crippen LogP contribution in [-0.4, -0.2) is 34.9 Å². The van der Waals surface area contributed by atoms with E-state index in [1.165, 1.54) is 33.1 Å². The molecular weight excluding hydrogens is 446 g/mol. The molecule has 1 N–H and O–H groups in total. The van der Waals surface area contributed by atoms with Crippen LogP contribution in [0.25, 0.3) is 11.5 Å². The smallest absolute Gasteiger partial charge is 0.347 e. The Bertz CT molecular complexity index is 1070. The predicted octanol–water partition coefficient (Wildman–Crippen LogP) is 6.47. The number of unbranched alkanes of at least 4 members (excludes halogenated alkanes) is 3. The fourth-order valence-corrected chi connectivity index (χ4v) is 3.40. The Morgan fingerprint density at radius 1 is 0.914 bits per heavy atom. The molecule has 0 aliphatic carbocycles. The number of carbonyl (C=O) groups is 1. The zero-order valence-corrected chi connectivity index (χ0v) is 21.0. The molecule has 3 rings (SSSR count). The highest BCUT2D eigenvalue weighted by atomic mass is 16.5. The number of hydrogen-bond donors (Lipinski definition) is 1. The number of ether oxygens (including phenoxy) is 3. The van der Waals surface area contributed by atoms with Crippen LogP contribution in [0.2, 0.25) is 0 Å². The minimum atomic E-state index is -1.30. The average Bonchev–Trinajstić information content (AvgIpc) is 3.20. The van der Waals surface area contributed by atoms with Crippen LogP contribution in [0.3, 0.4) is 0 Å². The van der Waals surface area contributed by atoms with E-state index in [1.54, 1.807) is 24.3 Å². The maximum Gasteiger partial charge on any atom is 0.347 e. The lowest BCUT2D eigenvalue weighted by molar-refractivity contribution is -0.152. The highest BCUT2D eigenvalue weighted by Crippen LogP contribution is 2.25. The Morgan fingerprint density at radius 2 is 1.51 bits per heavy atom. The molecule has 35 heavy (non-hydrogen) atoms. The highest BCUT2D eigenvalue weighted by molar-refractivity contribution is 5.76. The summed E-state index contributed by atoms with van der Waals surface area (Å²) in [5.41, 5.74) is 0.449. The standard InChI is InChI=1S/C28H35NO6/c1-5-6-7-8-18-32-22-11-9-21(10-12-22)26-29-25(20(2)34-26)17-19-33-23-13-15-24(16-14-23)35-28(3,4)27(30)31/h9-16H,5-8,17-19H2,1-4H3,(H,30,31). The Labute approximate surface area is 207 Å². The summed E-state index contributed by atoms with van der Waals surface area (Å²) in [5.74, 6) is 2.30. The van der Waals surface area contributed by atoms with E-state index in [0.29, 0.717) is 30.4 Å². The van der Waals surface area contributed by atoms with Crippen molar-refractivity contribution in [2.24, 2.45) is 0 Å². The number of oxazole rings is 1. The van der Waals surface area contributed by atoms with Crippen LogP contribution in [0.1, 0.15) is 57.9 Å². The van der Waals surface area contributed by atoms with Gasteiger partial charge in [-0.1, -0.05) is 26.2 Å². The number of aryl methyl sites for hydroxylation is 1. The molecule has 0 bridgehead atoms. The van der Waals surface area contributed by atoms with Crippen LogP contribution in [-0.2, 0) is 11.2 Å². The highest BCUT2D eigenvalue weighted by Gasteiger charge is 2.29. The van der Waals surface area contributed by atoms with Crippen molar-refractivity contribution in [2.45, 2.75) is 65.4 Å². The van der Waals surface area contributed by atoms with Gasteiger partial charge < -0.3 is 23.7 Å². The molecular formula is C28H35NO6. The molecule has 0 fully saturated rings. The molecule has 0 aliphatic rings. The summed E-state index contributed by atoms with van der Waals surface area (Å²) in [6.07, 6.45) is 5.32.